The third-order valence-electron chi connectivity index (χ3n) is 3.27. The van der Waals surface area contributed by atoms with E-state index in [1.54, 1.807) is 17.0 Å². The molecule has 108 valence electrons. The molecule has 0 atom stereocenters. The zero-order valence-corrected chi connectivity index (χ0v) is 11.9. The number of carbonyl (C=O) groups excluding carboxylic acids is 2. The van der Waals surface area contributed by atoms with Gasteiger partial charge in [-0.15, -0.1) is 0 Å². The van der Waals surface area contributed by atoms with Crippen LogP contribution in [0.25, 0.3) is 0 Å². The van der Waals surface area contributed by atoms with Gasteiger partial charge in [0.25, 0.3) is 11.8 Å². The van der Waals surface area contributed by atoms with Crippen molar-refractivity contribution in [1.82, 2.24) is 4.90 Å². The topological polar surface area (TPSA) is 72.6 Å². The summed E-state index contributed by atoms with van der Waals surface area (Å²) in [7, 11) is 0. The Morgan fingerprint density at radius 3 is 2.60 bits per heavy atom. The van der Waals surface area contributed by atoms with Crippen LogP contribution in [-0.2, 0) is 4.79 Å². The van der Waals surface area contributed by atoms with Gasteiger partial charge in [-0.25, -0.2) is 0 Å². The summed E-state index contributed by atoms with van der Waals surface area (Å²) in [6.07, 6.45) is 3.21. The molecule has 2 amide bonds. The van der Waals surface area contributed by atoms with E-state index >= 15 is 0 Å². The summed E-state index contributed by atoms with van der Waals surface area (Å²) in [5.41, 5.74) is 5.44. The molecule has 0 aromatic heterocycles. The third-order valence-corrected chi connectivity index (χ3v) is 3.50. The highest BCUT2D eigenvalue weighted by molar-refractivity contribution is 6.31. The molecule has 20 heavy (non-hydrogen) atoms. The second-order valence-corrected chi connectivity index (χ2v) is 5.17. The van der Waals surface area contributed by atoms with Crippen LogP contribution in [0.15, 0.2) is 18.2 Å². The monoisotopic (exact) mass is 296 g/mol. The molecule has 1 aliphatic rings. The lowest BCUT2D eigenvalue weighted by Crippen LogP contribution is -2.38. The number of nitrogens with two attached hydrogens (primary N) is 1. The van der Waals surface area contributed by atoms with Gasteiger partial charge in [0.1, 0.15) is 5.75 Å². The van der Waals surface area contributed by atoms with E-state index in [0.29, 0.717) is 5.02 Å². The first-order valence-electron chi connectivity index (χ1n) is 6.58. The van der Waals surface area contributed by atoms with Crippen molar-refractivity contribution >= 4 is 23.4 Å². The van der Waals surface area contributed by atoms with E-state index < -0.39 is 5.91 Å². The SMILES string of the molecule is NC(=O)c1cc(Cl)ccc1OCC(=O)N1CCCCC1. The number of benzene rings is 1. The van der Waals surface area contributed by atoms with Crippen LogP contribution in [0, 0.1) is 0 Å². The summed E-state index contributed by atoms with van der Waals surface area (Å²) < 4.78 is 5.42. The Bertz CT molecular complexity index is 513. The Kier molecular flexibility index (Phi) is 4.84. The first-order valence-corrected chi connectivity index (χ1v) is 6.95. The molecule has 0 radical (unpaired) electrons. The molecule has 1 aromatic rings. The number of nitrogens with zero attached hydrogens (tertiary/aromatic N) is 1. The molecular weight excluding hydrogens is 280 g/mol. The molecule has 0 aliphatic carbocycles. The molecule has 1 fully saturated rings. The summed E-state index contributed by atoms with van der Waals surface area (Å²) in [4.78, 5) is 25.1. The summed E-state index contributed by atoms with van der Waals surface area (Å²) in [5.74, 6) is -0.421. The summed E-state index contributed by atoms with van der Waals surface area (Å²) in [5, 5.41) is 0.397. The maximum atomic E-state index is 12.0. The van der Waals surface area contributed by atoms with Crippen molar-refractivity contribution < 1.29 is 14.3 Å². The fraction of sp³-hybridized carbons (Fsp3) is 0.429. The number of ether oxygens (including phenoxy) is 1. The number of amides is 2. The molecule has 2 N–H and O–H groups in total. The van der Waals surface area contributed by atoms with Gasteiger partial charge in [-0.2, -0.15) is 0 Å². The number of piperidine rings is 1. The number of halogens is 1. The van der Waals surface area contributed by atoms with Crippen molar-refractivity contribution in [3.05, 3.63) is 28.8 Å². The molecule has 0 bridgehead atoms. The van der Waals surface area contributed by atoms with Crippen LogP contribution >= 0.6 is 11.6 Å². The highest BCUT2D eigenvalue weighted by Gasteiger charge is 2.18. The van der Waals surface area contributed by atoms with Crippen LogP contribution in [0.1, 0.15) is 29.6 Å². The molecule has 1 saturated heterocycles. The number of hydrogen-bond donors (Lipinski definition) is 1. The zero-order valence-electron chi connectivity index (χ0n) is 11.1. The van der Waals surface area contributed by atoms with Crippen molar-refractivity contribution in [3.8, 4) is 5.75 Å². The van der Waals surface area contributed by atoms with Crippen molar-refractivity contribution in [2.45, 2.75) is 19.3 Å². The predicted molar refractivity (Wildman–Crippen MR) is 75.9 cm³/mol. The Balaban J connectivity index is 1.99. The van der Waals surface area contributed by atoms with E-state index in [2.05, 4.69) is 0 Å². The Labute approximate surface area is 122 Å². The first kappa shape index (κ1) is 14.7. The molecule has 5 nitrogen and oxygen atoms in total. The largest absolute Gasteiger partial charge is 0.483 e. The van der Waals surface area contributed by atoms with Gasteiger partial charge in [-0.05, 0) is 37.5 Å². The van der Waals surface area contributed by atoms with Gasteiger partial charge in [0.2, 0.25) is 0 Å². The summed E-state index contributed by atoms with van der Waals surface area (Å²) in [6.45, 7) is 1.44. The van der Waals surface area contributed by atoms with Crippen LogP contribution in [0.3, 0.4) is 0 Å². The smallest absolute Gasteiger partial charge is 0.260 e. The van der Waals surface area contributed by atoms with Crippen LogP contribution in [0.5, 0.6) is 5.75 Å². The highest BCUT2D eigenvalue weighted by Crippen LogP contribution is 2.22. The molecule has 6 heteroatoms. The Morgan fingerprint density at radius 1 is 1.25 bits per heavy atom. The van der Waals surface area contributed by atoms with Gasteiger partial charge in [0, 0.05) is 18.1 Å². The van der Waals surface area contributed by atoms with E-state index in [4.69, 9.17) is 22.1 Å². The maximum Gasteiger partial charge on any atom is 0.260 e. The van der Waals surface area contributed by atoms with E-state index in [0.717, 1.165) is 32.4 Å². The molecule has 0 spiro atoms. The van der Waals surface area contributed by atoms with Gasteiger partial charge >= 0.3 is 0 Å². The second-order valence-electron chi connectivity index (χ2n) is 4.73. The van der Waals surface area contributed by atoms with Crippen LogP contribution < -0.4 is 10.5 Å². The van der Waals surface area contributed by atoms with Crippen LogP contribution in [0.2, 0.25) is 5.02 Å². The third kappa shape index (κ3) is 3.63. The Morgan fingerprint density at radius 2 is 1.95 bits per heavy atom. The van der Waals surface area contributed by atoms with Gasteiger partial charge in [-0.3, -0.25) is 9.59 Å². The lowest BCUT2D eigenvalue weighted by molar-refractivity contribution is -0.134. The normalized spacial score (nSPS) is 14.9. The van der Waals surface area contributed by atoms with Gasteiger partial charge in [-0.1, -0.05) is 11.6 Å². The lowest BCUT2D eigenvalue weighted by atomic mass is 10.1. The molecule has 1 aromatic carbocycles. The molecule has 0 unspecified atom stereocenters. The van der Waals surface area contributed by atoms with Crippen LogP contribution in [0.4, 0.5) is 0 Å². The highest BCUT2D eigenvalue weighted by atomic mass is 35.5. The fourth-order valence-corrected chi connectivity index (χ4v) is 2.37. The standard InChI is InChI=1S/C14H17ClN2O3/c15-10-4-5-12(11(8-10)14(16)19)20-9-13(18)17-6-2-1-3-7-17/h4-5,8H,1-3,6-7,9H2,(H2,16,19). The van der Waals surface area contributed by atoms with Crippen molar-refractivity contribution in [3.63, 3.8) is 0 Å². The van der Waals surface area contributed by atoms with Crippen molar-refractivity contribution in [1.29, 1.82) is 0 Å². The average molecular weight is 297 g/mol. The van der Waals surface area contributed by atoms with Gasteiger partial charge in [0.05, 0.1) is 5.56 Å². The van der Waals surface area contributed by atoms with E-state index in [1.807, 2.05) is 0 Å². The quantitative estimate of drug-likeness (QED) is 0.921. The molecule has 0 saturated carbocycles. The number of primary amides is 1. The Hall–Kier alpha value is -1.75. The number of carbonyl (C=O) groups is 2. The minimum Gasteiger partial charge on any atom is -0.483 e. The number of rotatable bonds is 4. The fourth-order valence-electron chi connectivity index (χ4n) is 2.19. The van der Waals surface area contributed by atoms with Crippen molar-refractivity contribution in [2.75, 3.05) is 19.7 Å². The lowest BCUT2D eigenvalue weighted by Gasteiger charge is -2.26. The number of likely N-dealkylation sites (tertiary alicyclic amines) is 1. The maximum absolute atomic E-state index is 12.0. The van der Waals surface area contributed by atoms with Crippen molar-refractivity contribution in [2.24, 2.45) is 5.73 Å². The van der Waals surface area contributed by atoms with Crippen LogP contribution in [-0.4, -0.2) is 36.4 Å². The summed E-state index contributed by atoms with van der Waals surface area (Å²) >= 11 is 5.81. The number of hydrogen-bond acceptors (Lipinski definition) is 3. The van der Waals surface area contributed by atoms with Gasteiger partial charge in [0.15, 0.2) is 6.61 Å². The predicted octanol–water partition coefficient (Wildman–Crippen LogP) is 1.83. The first-order chi connectivity index (χ1) is 9.58. The van der Waals surface area contributed by atoms with E-state index in [9.17, 15) is 9.59 Å². The van der Waals surface area contributed by atoms with E-state index in [1.165, 1.54) is 6.07 Å². The van der Waals surface area contributed by atoms with Gasteiger partial charge < -0.3 is 15.4 Å². The minimum atomic E-state index is -0.632. The molecule has 1 heterocycles. The molecule has 1 aliphatic heterocycles. The average Bonchev–Trinajstić information content (AvgIpc) is 2.46. The summed E-state index contributed by atoms with van der Waals surface area (Å²) in [6, 6.07) is 4.57. The molecular formula is C14H17ClN2O3. The second kappa shape index (κ2) is 6.61. The minimum absolute atomic E-state index is 0.0740. The zero-order chi connectivity index (χ0) is 14.5. The van der Waals surface area contributed by atoms with E-state index in [-0.39, 0.29) is 23.8 Å². The molecule has 2 rings (SSSR count).